The molecule has 0 aliphatic carbocycles. The number of para-hydroxylation sites is 1. The summed E-state index contributed by atoms with van der Waals surface area (Å²) in [4.78, 5) is 24.1. The Labute approximate surface area is 253 Å². The van der Waals surface area contributed by atoms with Gasteiger partial charge >= 0.3 is 11.9 Å². The van der Waals surface area contributed by atoms with Crippen molar-refractivity contribution < 1.29 is 23.8 Å². The zero-order chi connectivity index (χ0) is 30.6. The highest BCUT2D eigenvalue weighted by Gasteiger charge is 2.13. The van der Waals surface area contributed by atoms with E-state index < -0.39 is 11.9 Å². The smallest absolute Gasteiger partial charge is 0.335 e. The number of hydrogen-bond donors (Lipinski definition) is 2. The Bertz CT molecular complexity index is 1980. The third-order valence-electron chi connectivity index (χ3n) is 7.35. The van der Waals surface area contributed by atoms with Crippen LogP contribution in [0.5, 0.6) is 5.75 Å². The SMILES string of the molecule is Cc1ccc(C)n1-c1ccc(OCc2ccc(C(=O)N/N=C/c3cn(Cc4cccc(C(=O)O)c4)c4ccccc34)o2)cc1. The maximum Gasteiger partial charge on any atom is 0.335 e. The summed E-state index contributed by atoms with van der Waals surface area (Å²) in [5, 5.41) is 14.4. The first-order chi connectivity index (χ1) is 21.4. The van der Waals surface area contributed by atoms with E-state index in [4.69, 9.17) is 9.15 Å². The topological polar surface area (TPSA) is 111 Å². The lowest BCUT2D eigenvalue weighted by Gasteiger charge is -2.10. The molecular formula is C35H30N4O5. The molecular weight excluding hydrogens is 556 g/mol. The highest BCUT2D eigenvalue weighted by Crippen LogP contribution is 2.23. The van der Waals surface area contributed by atoms with Crippen LogP contribution < -0.4 is 10.2 Å². The lowest BCUT2D eigenvalue weighted by atomic mass is 10.1. The average Bonchev–Trinajstić information content (AvgIpc) is 3.74. The van der Waals surface area contributed by atoms with Crippen LogP contribution in [-0.2, 0) is 13.2 Å². The first-order valence-electron chi connectivity index (χ1n) is 14.1. The van der Waals surface area contributed by atoms with E-state index in [1.807, 2.05) is 65.4 Å². The minimum Gasteiger partial charge on any atom is -0.486 e. The molecule has 0 aliphatic rings. The third-order valence-corrected chi connectivity index (χ3v) is 7.35. The molecule has 9 nitrogen and oxygen atoms in total. The van der Waals surface area contributed by atoms with Gasteiger partial charge in [-0.25, -0.2) is 10.2 Å². The largest absolute Gasteiger partial charge is 0.486 e. The molecule has 0 unspecified atom stereocenters. The Balaban J connectivity index is 1.08. The number of hydrazone groups is 1. The van der Waals surface area contributed by atoms with Crippen LogP contribution in [0.15, 0.2) is 113 Å². The van der Waals surface area contributed by atoms with Crippen molar-refractivity contribution >= 4 is 29.0 Å². The van der Waals surface area contributed by atoms with Gasteiger partial charge in [-0.2, -0.15) is 5.10 Å². The Kier molecular flexibility index (Phi) is 7.84. The fraction of sp³-hybridized carbons (Fsp3) is 0.114. The number of aromatic nitrogens is 2. The van der Waals surface area contributed by atoms with Crippen molar-refractivity contribution in [1.82, 2.24) is 14.6 Å². The Hall–Kier alpha value is -5.83. The molecule has 0 fully saturated rings. The second-order valence-corrected chi connectivity index (χ2v) is 10.4. The van der Waals surface area contributed by atoms with Gasteiger partial charge in [0.25, 0.3) is 0 Å². The molecule has 3 aromatic carbocycles. The van der Waals surface area contributed by atoms with Crippen molar-refractivity contribution in [3.05, 3.63) is 143 Å². The number of carboxylic acid groups (broad SMARTS) is 1. The molecule has 0 radical (unpaired) electrons. The number of aryl methyl sites for hydroxylation is 2. The van der Waals surface area contributed by atoms with E-state index in [0.29, 0.717) is 18.1 Å². The predicted molar refractivity (Wildman–Crippen MR) is 168 cm³/mol. The van der Waals surface area contributed by atoms with Crippen LogP contribution in [0.25, 0.3) is 16.6 Å². The van der Waals surface area contributed by atoms with Crippen molar-refractivity contribution in [3.63, 3.8) is 0 Å². The summed E-state index contributed by atoms with van der Waals surface area (Å²) in [6.07, 6.45) is 3.50. The summed E-state index contributed by atoms with van der Waals surface area (Å²) >= 11 is 0. The number of aromatic carboxylic acids is 1. The molecule has 0 spiro atoms. The zero-order valence-electron chi connectivity index (χ0n) is 24.2. The van der Waals surface area contributed by atoms with Gasteiger partial charge in [0.1, 0.15) is 18.1 Å². The van der Waals surface area contributed by atoms with Crippen molar-refractivity contribution in [3.8, 4) is 11.4 Å². The van der Waals surface area contributed by atoms with Gasteiger partial charge < -0.3 is 23.4 Å². The van der Waals surface area contributed by atoms with Gasteiger partial charge in [0, 0.05) is 46.3 Å². The number of carbonyl (C=O) groups excluding carboxylic acids is 1. The molecule has 6 rings (SSSR count). The molecule has 6 aromatic rings. The first kappa shape index (κ1) is 28.3. The molecule has 3 heterocycles. The van der Waals surface area contributed by atoms with Crippen molar-refractivity contribution in [2.24, 2.45) is 5.10 Å². The summed E-state index contributed by atoms with van der Waals surface area (Å²) in [5.74, 6) is -0.126. The normalized spacial score (nSPS) is 11.3. The standard InChI is InChI=1S/C35H30N4O5/c1-23-10-11-24(2)39(23)28-12-14-29(15-13-28)43-22-30-16-17-33(44-30)34(40)37-36-19-27-21-38(32-9-4-3-8-31(27)32)20-25-6-5-7-26(18-25)35(41)42/h3-19,21H,20,22H2,1-2H3,(H,37,40)(H,41,42)/b36-19+. The monoisotopic (exact) mass is 586 g/mol. The predicted octanol–water partition coefficient (Wildman–Crippen LogP) is 6.73. The minimum absolute atomic E-state index is 0.121. The lowest BCUT2D eigenvalue weighted by Crippen LogP contribution is -2.16. The van der Waals surface area contributed by atoms with Gasteiger partial charge in [0.05, 0.1) is 11.8 Å². The zero-order valence-corrected chi connectivity index (χ0v) is 24.2. The van der Waals surface area contributed by atoms with E-state index >= 15 is 0 Å². The second-order valence-electron chi connectivity index (χ2n) is 10.4. The number of rotatable bonds is 10. The number of amides is 1. The maximum absolute atomic E-state index is 12.7. The first-order valence-corrected chi connectivity index (χ1v) is 14.1. The lowest BCUT2D eigenvalue weighted by molar-refractivity contribution is 0.0696. The number of carboxylic acids is 1. The van der Waals surface area contributed by atoms with Crippen LogP contribution in [0.3, 0.4) is 0 Å². The molecule has 0 saturated carbocycles. The fourth-order valence-corrected chi connectivity index (χ4v) is 5.22. The quantitative estimate of drug-likeness (QED) is 0.137. The number of carbonyl (C=O) groups is 2. The molecule has 0 saturated heterocycles. The summed E-state index contributed by atoms with van der Waals surface area (Å²) in [5.41, 5.74) is 8.77. The maximum atomic E-state index is 12.7. The Morgan fingerprint density at radius 2 is 1.70 bits per heavy atom. The van der Waals surface area contributed by atoms with Gasteiger partial charge in [-0.3, -0.25) is 4.79 Å². The molecule has 9 heteroatoms. The molecule has 44 heavy (non-hydrogen) atoms. The van der Waals surface area contributed by atoms with E-state index in [9.17, 15) is 14.7 Å². The molecule has 3 aromatic heterocycles. The third kappa shape index (κ3) is 6.03. The van der Waals surface area contributed by atoms with Crippen LogP contribution in [-0.4, -0.2) is 32.3 Å². The van der Waals surface area contributed by atoms with Crippen LogP contribution >= 0.6 is 0 Å². The minimum atomic E-state index is -0.965. The Morgan fingerprint density at radius 3 is 2.48 bits per heavy atom. The Morgan fingerprint density at radius 1 is 0.932 bits per heavy atom. The van der Waals surface area contributed by atoms with Crippen LogP contribution in [0.2, 0.25) is 0 Å². The summed E-state index contributed by atoms with van der Waals surface area (Å²) in [6.45, 7) is 4.79. The van der Waals surface area contributed by atoms with Gasteiger partial charge in [-0.1, -0.05) is 30.3 Å². The molecule has 0 aliphatic heterocycles. The van der Waals surface area contributed by atoms with Crippen LogP contribution in [0, 0.1) is 13.8 Å². The molecule has 0 atom stereocenters. The van der Waals surface area contributed by atoms with Gasteiger partial charge in [0.15, 0.2) is 5.76 Å². The van der Waals surface area contributed by atoms with Gasteiger partial charge in [-0.15, -0.1) is 0 Å². The number of fused-ring (bicyclic) bond motifs is 1. The number of furan rings is 1. The molecule has 2 N–H and O–H groups in total. The van der Waals surface area contributed by atoms with Crippen LogP contribution in [0.1, 0.15) is 49.2 Å². The number of ether oxygens (including phenoxy) is 1. The fourth-order valence-electron chi connectivity index (χ4n) is 5.22. The van der Waals surface area contributed by atoms with Crippen molar-refractivity contribution in [2.45, 2.75) is 27.0 Å². The van der Waals surface area contributed by atoms with E-state index in [1.165, 1.54) is 0 Å². The van der Waals surface area contributed by atoms with E-state index in [0.717, 1.165) is 39.1 Å². The van der Waals surface area contributed by atoms with Crippen LogP contribution in [0.4, 0.5) is 0 Å². The van der Waals surface area contributed by atoms with Gasteiger partial charge in [0.2, 0.25) is 0 Å². The highest BCUT2D eigenvalue weighted by molar-refractivity contribution is 6.00. The summed E-state index contributed by atoms with van der Waals surface area (Å²) < 4.78 is 15.7. The van der Waals surface area contributed by atoms with Crippen molar-refractivity contribution in [1.29, 1.82) is 0 Å². The molecule has 220 valence electrons. The van der Waals surface area contributed by atoms with Crippen molar-refractivity contribution in [2.75, 3.05) is 0 Å². The van der Waals surface area contributed by atoms with E-state index in [1.54, 1.807) is 36.5 Å². The highest BCUT2D eigenvalue weighted by atomic mass is 16.5. The van der Waals surface area contributed by atoms with E-state index in [-0.39, 0.29) is 17.9 Å². The molecule has 0 bridgehead atoms. The summed E-state index contributed by atoms with van der Waals surface area (Å²) in [7, 11) is 0. The number of benzene rings is 3. The summed E-state index contributed by atoms with van der Waals surface area (Å²) in [6, 6.07) is 30.0. The van der Waals surface area contributed by atoms with Gasteiger partial charge in [-0.05, 0) is 86.1 Å². The van der Waals surface area contributed by atoms with E-state index in [2.05, 4.69) is 41.1 Å². The number of nitrogens with one attached hydrogen (secondary N) is 1. The number of hydrogen-bond acceptors (Lipinski definition) is 5. The second kappa shape index (κ2) is 12.2. The number of nitrogens with zero attached hydrogens (tertiary/aromatic N) is 3. The average molecular weight is 587 g/mol. The molecule has 1 amide bonds.